The van der Waals surface area contributed by atoms with Gasteiger partial charge in [-0.05, 0) is 72.1 Å². The molecule has 1 aromatic heterocycles. The number of halogens is 1. The van der Waals surface area contributed by atoms with Crippen LogP contribution in [0, 0.1) is 6.92 Å². The highest BCUT2D eigenvalue weighted by Crippen LogP contribution is 2.27. The van der Waals surface area contributed by atoms with Crippen LogP contribution in [0.1, 0.15) is 31.0 Å². The molecular formula is C21H22BrN3O2. The first-order valence-corrected chi connectivity index (χ1v) is 9.55. The fourth-order valence-electron chi connectivity index (χ4n) is 2.71. The monoisotopic (exact) mass is 427 g/mol. The second kappa shape index (κ2) is 8.39. The summed E-state index contributed by atoms with van der Waals surface area (Å²) in [4.78, 5) is 16.5. The largest absolute Gasteiger partial charge is 0.480 e. The van der Waals surface area contributed by atoms with Crippen LogP contribution in [0.2, 0.25) is 0 Å². The molecule has 5 nitrogen and oxygen atoms in total. The lowest BCUT2D eigenvalue weighted by atomic mass is 10.1. The molecule has 140 valence electrons. The predicted molar refractivity (Wildman–Crippen MR) is 109 cm³/mol. The van der Waals surface area contributed by atoms with Gasteiger partial charge < -0.3 is 14.6 Å². The average Bonchev–Trinajstić information content (AvgIpc) is 3.18. The van der Waals surface area contributed by atoms with Crippen molar-refractivity contribution >= 4 is 21.8 Å². The Bertz CT molecular complexity index is 908. The van der Waals surface area contributed by atoms with E-state index in [-0.39, 0.29) is 11.9 Å². The van der Waals surface area contributed by atoms with Crippen LogP contribution < -0.4 is 10.1 Å². The van der Waals surface area contributed by atoms with E-state index in [0.717, 1.165) is 21.3 Å². The number of benzene rings is 2. The van der Waals surface area contributed by atoms with Crippen LogP contribution in [0.3, 0.4) is 0 Å². The zero-order valence-electron chi connectivity index (χ0n) is 15.5. The molecule has 2 atom stereocenters. The maximum atomic E-state index is 12.5. The summed E-state index contributed by atoms with van der Waals surface area (Å²) in [6, 6.07) is 13.7. The molecule has 3 rings (SSSR count). The normalized spacial score (nSPS) is 13.0. The smallest absolute Gasteiger partial charge is 0.261 e. The van der Waals surface area contributed by atoms with Crippen molar-refractivity contribution < 1.29 is 9.53 Å². The molecule has 0 aliphatic carbocycles. The van der Waals surface area contributed by atoms with Gasteiger partial charge in [0, 0.05) is 18.1 Å². The Morgan fingerprint density at radius 1 is 1.19 bits per heavy atom. The Kier molecular flexibility index (Phi) is 5.96. The quantitative estimate of drug-likeness (QED) is 0.625. The van der Waals surface area contributed by atoms with Crippen LogP contribution in [-0.2, 0) is 4.79 Å². The third kappa shape index (κ3) is 4.77. The van der Waals surface area contributed by atoms with Crippen LogP contribution in [0.25, 0.3) is 5.69 Å². The van der Waals surface area contributed by atoms with Gasteiger partial charge in [0.05, 0.1) is 16.8 Å². The van der Waals surface area contributed by atoms with E-state index in [4.69, 9.17) is 4.74 Å². The lowest BCUT2D eigenvalue weighted by Gasteiger charge is -2.20. The first kappa shape index (κ1) is 19.2. The molecule has 2 unspecified atom stereocenters. The van der Waals surface area contributed by atoms with Crippen molar-refractivity contribution in [2.75, 3.05) is 0 Å². The average molecular weight is 428 g/mol. The summed E-state index contributed by atoms with van der Waals surface area (Å²) < 4.78 is 8.57. The summed E-state index contributed by atoms with van der Waals surface area (Å²) in [5.74, 6) is 0.495. The number of hydrogen-bond donors (Lipinski definition) is 1. The van der Waals surface area contributed by atoms with E-state index in [9.17, 15) is 4.79 Å². The van der Waals surface area contributed by atoms with E-state index in [2.05, 4.69) is 26.2 Å². The Morgan fingerprint density at radius 3 is 2.56 bits per heavy atom. The molecule has 0 saturated carbocycles. The van der Waals surface area contributed by atoms with Gasteiger partial charge in [-0.15, -0.1) is 0 Å². The molecule has 0 radical (unpaired) electrons. The number of nitrogens with one attached hydrogen (secondary N) is 1. The summed E-state index contributed by atoms with van der Waals surface area (Å²) in [7, 11) is 0. The fourth-order valence-corrected chi connectivity index (χ4v) is 3.29. The van der Waals surface area contributed by atoms with Gasteiger partial charge in [-0.2, -0.15) is 0 Å². The van der Waals surface area contributed by atoms with E-state index in [0.29, 0.717) is 5.75 Å². The molecule has 2 aromatic carbocycles. The first-order valence-electron chi connectivity index (χ1n) is 8.75. The van der Waals surface area contributed by atoms with Gasteiger partial charge in [0.1, 0.15) is 5.75 Å². The van der Waals surface area contributed by atoms with E-state index in [1.807, 2.05) is 67.1 Å². The molecule has 3 aromatic rings. The molecule has 1 amide bonds. The van der Waals surface area contributed by atoms with Crippen molar-refractivity contribution in [3.05, 3.63) is 76.8 Å². The van der Waals surface area contributed by atoms with E-state index in [1.54, 1.807) is 19.4 Å². The van der Waals surface area contributed by atoms with Gasteiger partial charge in [-0.1, -0.05) is 18.2 Å². The number of carbonyl (C=O) groups is 1. The van der Waals surface area contributed by atoms with Gasteiger partial charge >= 0.3 is 0 Å². The molecule has 0 aliphatic rings. The van der Waals surface area contributed by atoms with Crippen LogP contribution in [-0.4, -0.2) is 21.6 Å². The lowest BCUT2D eigenvalue weighted by Crippen LogP contribution is -2.37. The van der Waals surface area contributed by atoms with E-state index >= 15 is 0 Å². The number of ether oxygens (including phenoxy) is 1. The highest BCUT2D eigenvalue weighted by molar-refractivity contribution is 9.10. The van der Waals surface area contributed by atoms with Gasteiger partial charge in [-0.25, -0.2) is 4.98 Å². The van der Waals surface area contributed by atoms with Crippen molar-refractivity contribution in [2.45, 2.75) is 32.9 Å². The van der Waals surface area contributed by atoms with Crippen LogP contribution in [0.4, 0.5) is 0 Å². The molecule has 27 heavy (non-hydrogen) atoms. The highest BCUT2D eigenvalue weighted by Gasteiger charge is 2.18. The zero-order valence-corrected chi connectivity index (χ0v) is 17.1. The summed E-state index contributed by atoms with van der Waals surface area (Å²) in [5.41, 5.74) is 3.17. The number of aryl methyl sites for hydroxylation is 1. The van der Waals surface area contributed by atoms with Crippen LogP contribution in [0.5, 0.6) is 5.75 Å². The van der Waals surface area contributed by atoms with Gasteiger partial charge in [0.2, 0.25) is 0 Å². The number of imidazole rings is 1. The van der Waals surface area contributed by atoms with Crippen LogP contribution in [0.15, 0.2) is 65.7 Å². The summed E-state index contributed by atoms with van der Waals surface area (Å²) in [6.45, 7) is 5.71. The molecule has 6 heteroatoms. The summed E-state index contributed by atoms with van der Waals surface area (Å²) in [6.07, 6.45) is 4.78. The third-order valence-corrected chi connectivity index (χ3v) is 4.93. The molecule has 0 fully saturated rings. The maximum Gasteiger partial charge on any atom is 0.261 e. The number of carbonyl (C=O) groups excluding carboxylic acids is 1. The van der Waals surface area contributed by atoms with Crippen molar-refractivity contribution in [1.82, 2.24) is 14.9 Å². The molecule has 1 N–H and O–H groups in total. The minimum absolute atomic E-state index is 0.123. The van der Waals surface area contributed by atoms with Crippen molar-refractivity contribution in [1.29, 1.82) is 0 Å². The molecule has 0 bridgehead atoms. The Hall–Kier alpha value is -2.60. The number of hydrogen-bond acceptors (Lipinski definition) is 3. The molecule has 1 heterocycles. The minimum atomic E-state index is -0.600. The predicted octanol–water partition coefficient (Wildman–Crippen LogP) is 4.59. The SMILES string of the molecule is Cc1ccc(OC(C)C(=O)NC(C)c2ccc(-n3ccnc3)cc2)c(Br)c1. The Labute approximate surface area is 167 Å². The summed E-state index contributed by atoms with van der Waals surface area (Å²) in [5, 5.41) is 3.00. The van der Waals surface area contributed by atoms with Gasteiger partial charge in [0.25, 0.3) is 5.91 Å². The topological polar surface area (TPSA) is 56.1 Å². The van der Waals surface area contributed by atoms with Crippen molar-refractivity contribution in [2.24, 2.45) is 0 Å². The van der Waals surface area contributed by atoms with Gasteiger partial charge in [0.15, 0.2) is 6.10 Å². The maximum absolute atomic E-state index is 12.5. The molecular weight excluding hydrogens is 406 g/mol. The lowest BCUT2D eigenvalue weighted by molar-refractivity contribution is -0.127. The minimum Gasteiger partial charge on any atom is -0.480 e. The van der Waals surface area contributed by atoms with Gasteiger partial charge in [-0.3, -0.25) is 4.79 Å². The molecule has 0 saturated heterocycles. The zero-order chi connectivity index (χ0) is 19.4. The van der Waals surface area contributed by atoms with E-state index in [1.165, 1.54) is 0 Å². The number of rotatable bonds is 6. The number of aromatic nitrogens is 2. The second-order valence-electron chi connectivity index (χ2n) is 6.49. The summed E-state index contributed by atoms with van der Waals surface area (Å²) >= 11 is 3.47. The van der Waals surface area contributed by atoms with Crippen LogP contribution >= 0.6 is 15.9 Å². The second-order valence-corrected chi connectivity index (χ2v) is 7.34. The van der Waals surface area contributed by atoms with E-state index < -0.39 is 6.10 Å². The number of amides is 1. The molecule has 0 spiro atoms. The third-order valence-electron chi connectivity index (χ3n) is 4.31. The standard InChI is InChI=1S/C21H22BrN3O2/c1-14-4-9-20(19(22)12-14)27-16(3)21(26)24-15(2)17-5-7-18(8-6-17)25-11-10-23-13-25/h4-13,15-16H,1-3H3,(H,24,26). The highest BCUT2D eigenvalue weighted by atomic mass is 79.9. The molecule has 0 aliphatic heterocycles. The number of nitrogens with zero attached hydrogens (tertiary/aromatic N) is 2. The first-order chi connectivity index (χ1) is 12.9. The van der Waals surface area contributed by atoms with Crippen molar-refractivity contribution in [3.63, 3.8) is 0 Å². The fraction of sp³-hybridized carbons (Fsp3) is 0.238. The Morgan fingerprint density at radius 2 is 1.93 bits per heavy atom. The van der Waals surface area contributed by atoms with Crippen molar-refractivity contribution in [3.8, 4) is 11.4 Å². The Balaban J connectivity index is 1.61.